The van der Waals surface area contributed by atoms with Crippen molar-refractivity contribution in [2.75, 3.05) is 5.73 Å². The first-order valence-electron chi connectivity index (χ1n) is 8.38. The Labute approximate surface area is 151 Å². The number of aromatic nitrogens is 4. The Morgan fingerprint density at radius 3 is 2.67 bits per heavy atom. The van der Waals surface area contributed by atoms with Crippen LogP contribution in [0.2, 0.25) is 0 Å². The molecule has 0 unspecified atom stereocenters. The van der Waals surface area contributed by atoms with Crippen LogP contribution in [0.1, 0.15) is 5.69 Å². The smallest absolute Gasteiger partial charge is 0.272 e. The Hall–Kier alpha value is -3.74. The van der Waals surface area contributed by atoms with E-state index < -0.39 is 11.4 Å². The van der Waals surface area contributed by atoms with Gasteiger partial charge in [0.25, 0.3) is 5.56 Å². The number of hydrogen-bond acceptors (Lipinski definition) is 4. The number of nitrogens with one attached hydrogen (secondary N) is 2. The zero-order valence-electron chi connectivity index (χ0n) is 14.3. The second-order valence-corrected chi connectivity index (χ2v) is 6.50. The fraction of sp³-hybridized carbons (Fsp3) is 0.0500. The summed E-state index contributed by atoms with van der Waals surface area (Å²) in [4.78, 5) is 20.0. The summed E-state index contributed by atoms with van der Waals surface area (Å²) in [5, 5.41) is 8.74. The van der Waals surface area contributed by atoms with Crippen molar-refractivity contribution < 1.29 is 4.39 Å². The molecule has 0 spiro atoms. The lowest BCUT2D eigenvalue weighted by Crippen LogP contribution is -2.13. The first-order chi connectivity index (χ1) is 13.0. The molecule has 3 heterocycles. The average molecular weight is 359 g/mol. The molecule has 0 atom stereocenters. The number of nitrogen functional groups attached to an aromatic ring is 1. The van der Waals surface area contributed by atoms with Gasteiger partial charge in [0.2, 0.25) is 0 Å². The van der Waals surface area contributed by atoms with Crippen molar-refractivity contribution in [2.45, 2.75) is 6.92 Å². The highest BCUT2D eigenvalue weighted by atomic mass is 19.1. The number of hydrogen-bond donors (Lipinski definition) is 3. The first-order valence-corrected chi connectivity index (χ1v) is 8.38. The third-order valence-electron chi connectivity index (χ3n) is 4.87. The molecule has 0 bridgehead atoms. The number of anilines is 1. The van der Waals surface area contributed by atoms with Gasteiger partial charge in [-0.2, -0.15) is 5.10 Å². The van der Waals surface area contributed by atoms with E-state index in [-0.39, 0.29) is 11.2 Å². The van der Waals surface area contributed by atoms with Gasteiger partial charge >= 0.3 is 0 Å². The molecular formula is C20H14FN5O. The standard InChI is InChI=1S/C20H14FN5O/c1-9-2-3-11-15(24-9)7-5-12-16(17(22)20(27)25-18(11)12)10-4-6-14(21)19-13(10)8-23-26-19/h2-8H,22H2,1H3,(H,23,26)(H,25,27). The second-order valence-electron chi connectivity index (χ2n) is 6.50. The van der Waals surface area contributed by atoms with Gasteiger partial charge in [-0.25, -0.2) is 4.39 Å². The summed E-state index contributed by atoms with van der Waals surface area (Å²) in [5.41, 5.74) is 9.64. The van der Waals surface area contributed by atoms with Gasteiger partial charge in [-0.15, -0.1) is 0 Å². The van der Waals surface area contributed by atoms with Crippen molar-refractivity contribution >= 4 is 38.4 Å². The van der Waals surface area contributed by atoms with E-state index >= 15 is 0 Å². The van der Waals surface area contributed by atoms with Crippen LogP contribution >= 0.6 is 0 Å². The monoisotopic (exact) mass is 359 g/mol. The summed E-state index contributed by atoms with van der Waals surface area (Å²) in [6, 6.07) is 10.5. The molecule has 0 saturated carbocycles. The molecule has 0 fully saturated rings. The van der Waals surface area contributed by atoms with Crippen molar-refractivity contribution in [2.24, 2.45) is 0 Å². The van der Waals surface area contributed by atoms with Crippen molar-refractivity contribution in [1.82, 2.24) is 20.2 Å². The van der Waals surface area contributed by atoms with Crippen molar-refractivity contribution in [3.8, 4) is 11.1 Å². The molecule has 0 saturated heterocycles. The fourth-order valence-corrected chi connectivity index (χ4v) is 3.60. The zero-order valence-corrected chi connectivity index (χ0v) is 14.3. The van der Waals surface area contributed by atoms with Gasteiger partial charge in [0.15, 0.2) is 0 Å². The number of fused-ring (bicyclic) bond motifs is 4. The molecule has 0 amide bonds. The van der Waals surface area contributed by atoms with Gasteiger partial charge in [0.1, 0.15) is 17.0 Å². The highest BCUT2D eigenvalue weighted by molar-refractivity contribution is 6.14. The topological polar surface area (TPSA) is 100 Å². The number of benzene rings is 2. The SMILES string of the molecule is Cc1ccc2c(ccc3c(-c4ccc(F)c5[nH]ncc45)c(N)c(=O)[nH]c32)n1. The Morgan fingerprint density at radius 2 is 1.81 bits per heavy atom. The minimum atomic E-state index is -0.413. The van der Waals surface area contributed by atoms with Crippen molar-refractivity contribution in [3.63, 3.8) is 0 Å². The van der Waals surface area contributed by atoms with E-state index in [0.29, 0.717) is 22.0 Å². The van der Waals surface area contributed by atoms with E-state index in [1.807, 2.05) is 31.2 Å². The highest BCUT2D eigenvalue weighted by Crippen LogP contribution is 2.37. The van der Waals surface area contributed by atoms with Crippen LogP contribution in [0.5, 0.6) is 0 Å². The van der Waals surface area contributed by atoms with Gasteiger partial charge in [0.05, 0.1) is 17.2 Å². The van der Waals surface area contributed by atoms with Gasteiger partial charge in [-0.05, 0) is 42.8 Å². The number of pyridine rings is 2. The van der Waals surface area contributed by atoms with E-state index in [9.17, 15) is 9.18 Å². The van der Waals surface area contributed by atoms with E-state index in [4.69, 9.17) is 5.73 Å². The molecule has 6 nitrogen and oxygen atoms in total. The predicted octanol–water partition coefficient (Wildman–Crippen LogP) is 3.65. The molecule has 132 valence electrons. The maximum absolute atomic E-state index is 14.1. The number of halogens is 1. The van der Waals surface area contributed by atoms with E-state index in [1.54, 1.807) is 6.07 Å². The highest BCUT2D eigenvalue weighted by Gasteiger charge is 2.18. The van der Waals surface area contributed by atoms with Gasteiger partial charge in [0, 0.05) is 27.4 Å². The molecule has 7 heteroatoms. The molecule has 0 aliphatic heterocycles. The third kappa shape index (κ3) is 2.15. The Kier molecular flexibility index (Phi) is 3.09. The van der Waals surface area contributed by atoms with Crippen LogP contribution in [-0.4, -0.2) is 20.2 Å². The number of H-pyrrole nitrogens is 2. The summed E-state index contributed by atoms with van der Waals surface area (Å²) < 4.78 is 14.1. The third-order valence-corrected chi connectivity index (χ3v) is 4.87. The van der Waals surface area contributed by atoms with Crippen LogP contribution in [-0.2, 0) is 0 Å². The van der Waals surface area contributed by atoms with E-state index in [0.717, 1.165) is 22.0 Å². The number of rotatable bonds is 1. The maximum Gasteiger partial charge on any atom is 0.272 e. The lowest BCUT2D eigenvalue weighted by Gasteiger charge is -2.13. The van der Waals surface area contributed by atoms with Gasteiger partial charge < -0.3 is 10.7 Å². The lowest BCUT2D eigenvalue weighted by molar-refractivity contribution is 0.636. The Balaban J connectivity index is 1.98. The number of aryl methyl sites for hydroxylation is 1. The number of aromatic amines is 2. The minimum Gasteiger partial charge on any atom is -0.394 e. The number of nitrogens with zero attached hydrogens (tertiary/aromatic N) is 2. The summed E-state index contributed by atoms with van der Waals surface area (Å²) in [6.45, 7) is 1.91. The first kappa shape index (κ1) is 15.5. The Morgan fingerprint density at radius 1 is 1.00 bits per heavy atom. The van der Waals surface area contributed by atoms with Crippen LogP contribution in [0.25, 0.3) is 43.8 Å². The van der Waals surface area contributed by atoms with Crippen LogP contribution in [0.15, 0.2) is 47.4 Å². The Bertz CT molecular complexity index is 1430. The summed E-state index contributed by atoms with van der Waals surface area (Å²) in [6.07, 6.45) is 1.53. The molecule has 0 aliphatic carbocycles. The molecule has 2 aromatic carbocycles. The van der Waals surface area contributed by atoms with Gasteiger partial charge in [-0.1, -0.05) is 6.07 Å². The quantitative estimate of drug-likeness (QED) is 0.398. The molecule has 4 N–H and O–H groups in total. The molecule has 5 aromatic rings. The van der Waals surface area contributed by atoms with Gasteiger partial charge in [-0.3, -0.25) is 14.9 Å². The lowest BCUT2D eigenvalue weighted by atomic mass is 9.95. The van der Waals surface area contributed by atoms with Crippen LogP contribution < -0.4 is 11.3 Å². The molecule has 0 radical (unpaired) electrons. The van der Waals surface area contributed by atoms with Crippen LogP contribution in [0.3, 0.4) is 0 Å². The van der Waals surface area contributed by atoms with E-state index in [2.05, 4.69) is 20.2 Å². The average Bonchev–Trinajstić information content (AvgIpc) is 3.14. The summed E-state index contributed by atoms with van der Waals surface area (Å²) >= 11 is 0. The fourth-order valence-electron chi connectivity index (χ4n) is 3.60. The molecular weight excluding hydrogens is 345 g/mol. The molecule has 0 aliphatic rings. The largest absolute Gasteiger partial charge is 0.394 e. The molecule has 5 rings (SSSR count). The van der Waals surface area contributed by atoms with Crippen LogP contribution in [0.4, 0.5) is 10.1 Å². The normalized spacial score (nSPS) is 11.6. The summed E-state index contributed by atoms with van der Waals surface area (Å²) in [7, 11) is 0. The van der Waals surface area contributed by atoms with Crippen molar-refractivity contribution in [3.05, 3.63) is 64.5 Å². The second kappa shape index (κ2) is 5.38. The minimum absolute atomic E-state index is 0.0797. The van der Waals surface area contributed by atoms with Crippen molar-refractivity contribution in [1.29, 1.82) is 0 Å². The number of nitrogens with two attached hydrogens (primary N) is 1. The van der Waals surface area contributed by atoms with E-state index in [1.165, 1.54) is 12.3 Å². The van der Waals surface area contributed by atoms with Crippen LogP contribution in [0, 0.1) is 12.7 Å². The molecule has 27 heavy (non-hydrogen) atoms. The maximum atomic E-state index is 14.1. The zero-order chi connectivity index (χ0) is 18.7. The summed E-state index contributed by atoms with van der Waals surface area (Å²) in [5.74, 6) is -0.413. The molecule has 3 aromatic heterocycles. The predicted molar refractivity (Wildman–Crippen MR) is 104 cm³/mol.